The van der Waals surface area contributed by atoms with Gasteiger partial charge in [0, 0.05) is 7.11 Å². The summed E-state index contributed by atoms with van der Waals surface area (Å²) < 4.78 is 10.3. The van der Waals surface area contributed by atoms with Crippen molar-refractivity contribution >= 4 is 0 Å². The minimum atomic E-state index is -0.0382. The Balaban J connectivity index is 2.66. The highest BCUT2D eigenvalue weighted by Crippen LogP contribution is 2.17. The molecule has 1 N–H and O–H groups in total. The van der Waals surface area contributed by atoms with Gasteiger partial charge in [0.1, 0.15) is 11.5 Å². The predicted molar refractivity (Wildman–Crippen MR) is 45.1 cm³/mol. The van der Waals surface area contributed by atoms with Gasteiger partial charge in [-0.1, -0.05) is 0 Å². The van der Waals surface area contributed by atoms with Crippen molar-refractivity contribution in [3.8, 4) is 0 Å². The lowest BCUT2D eigenvalue weighted by Crippen LogP contribution is -2.09. The number of furan rings is 1. The van der Waals surface area contributed by atoms with Gasteiger partial charge in [-0.05, 0) is 19.1 Å². The molecule has 0 radical (unpaired) electrons. The third-order valence-electron chi connectivity index (χ3n) is 1.75. The summed E-state index contributed by atoms with van der Waals surface area (Å²) in [7, 11) is 1.61. The first-order valence-corrected chi connectivity index (χ1v) is 3.94. The van der Waals surface area contributed by atoms with E-state index >= 15 is 0 Å². The average Bonchev–Trinajstić information content (AvgIpc) is 2.47. The summed E-state index contributed by atoms with van der Waals surface area (Å²) in [5.41, 5.74) is 0. The molecule has 68 valence electrons. The summed E-state index contributed by atoms with van der Waals surface area (Å²) >= 11 is 0. The van der Waals surface area contributed by atoms with Crippen LogP contribution in [0.15, 0.2) is 16.5 Å². The van der Waals surface area contributed by atoms with Crippen LogP contribution in [0.2, 0.25) is 0 Å². The molecule has 3 nitrogen and oxygen atoms in total. The van der Waals surface area contributed by atoms with Gasteiger partial charge in [0.2, 0.25) is 0 Å². The molecular weight excluding hydrogens is 156 g/mol. The largest absolute Gasteiger partial charge is 0.466 e. The molecule has 1 aromatic heterocycles. The molecule has 0 aromatic carbocycles. The number of aliphatic hydroxyl groups is 1. The zero-order valence-corrected chi connectivity index (χ0v) is 7.41. The lowest BCUT2D eigenvalue weighted by Gasteiger charge is -2.08. The Morgan fingerprint density at radius 1 is 1.58 bits per heavy atom. The van der Waals surface area contributed by atoms with E-state index in [1.807, 2.05) is 19.1 Å². The van der Waals surface area contributed by atoms with Crippen molar-refractivity contribution in [2.75, 3.05) is 20.3 Å². The fraction of sp³-hybridized carbons (Fsp3) is 0.556. The van der Waals surface area contributed by atoms with E-state index in [9.17, 15) is 0 Å². The van der Waals surface area contributed by atoms with E-state index in [1.165, 1.54) is 0 Å². The van der Waals surface area contributed by atoms with E-state index in [1.54, 1.807) is 7.11 Å². The average molecular weight is 170 g/mol. The van der Waals surface area contributed by atoms with Crippen molar-refractivity contribution in [1.82, 2.24) is 0 Å². The molecular formula is C9H14O3. The number of aliphatic hydroxyl groups excluding tert-OH is 1. The van der Waals surface area contributed by atoms with Crippen LogP contribution in [0, 0.1) is 6.92 Å². The SMILES string of the molecule is COCC(CO)c1ccc(C)o1. The summed E-state index contributed by atoms with van der Waals surface area (Å²) in [4.78, 5) is 0. The Hall–Kier alpha value is -0.800. The molecule has 1 aromatic rings. The number of hydrogen-bond donors (Lipinski definition) is 1. The van der Waals surface area contributed by atoms with Gasteiger partial charge in [-0.2, -0.15) is 0 Å². The molecule has 1 atom stereocenters. The van der Waals surface area contributed by atoms with Crippen molar-refractivity contribution in [1.29, 1.82) is 0 Å². The molecule has 3 heteroatoms. The Morgan fingerprint density at radius 3 is 2.75 bits per heavy atom. The summed E-state index contributed by atoms with van der Waals surface area (Å²) in [6.45, 7) is 2.43. The second-order valence-electron chi connectivity index (χ2n) is 2.78. The summed E-state index contributed by atoms with van der Waals surface area (Å²) in [5.74, 6) is 1.61. The normalized spacial score (nSPS) is 13.2. The van der Waals surface area contributed by atoms with Gasteiger partial charge in [-0.15, -0.1) is 0 Å². The van der Waals surface area contributed by atoms with Crippen LogP contribution in [0.5, 0.6) is 0 Å². The molecule has 0 spiro atoms. The number of hydrogen-bond acceptors (Lipinski definition) is 3. The molecule has 0 aliphatic rings. The lowest BCUT2D eigenvalue weighted by molar-refractivity contribution is 0.133. The van der Waals surface area contributed by atoms with E-state index < -0.39 is 0 Å². The van der Waals surface area contributed by atoms with Crippen LogP contribution in [-0.4, -0.2) is 25.4 Å². The number of methoxy groups -OCH3 is 1. The quantitative estimate of drug-likeness (QED) is 0.740. The number of ether oxygens (including phenoxy) is 1. The van der Waals surface area contributed by atoms with E-state index in [2.05, 4.69) is 0 Å². The van der Waals surface area contributed by atoms with Crippen LogP contribution in [-0.2, 0) is 4.74 Å². The molecule has 0 bridgehead atoms. The first-order chi connectivity index (χ1) is 5.77. The fourth-order valence-electron chi connectivity index (χ4n) is 1.10. The maximum atomic E-state index is 8.98. The van der Waals surface area contributed by atoms with Gasteiger partial charge in [0.05, 0.1) is 19.1 Å². The Labute approximate surface area is 72.0 Å². The fourth-order valence-corrected chi connectivity index (χ4v) is 1.10. The van der Waals surface area contributed by atoms with Crippen molar-refractivity contribution in [2.24, 2.45) is 0 Å². The van der Waals surface area contributed by atoms with E-state index in [4.69, 9.17) is 14.3 Å². The van der Waals surface area contributed by atoms with Crippen LogP contribution in [0.1, 0.15) is 17.4 Å². The minimum Gasteiger partial charge on any atom is -0.466 e. The Morgan fingerprint density at radius 2 is 2.33 bits per heavy atom. The van der Waals surface area contributed by atoms with Crippen LogP contribution in [0.4, 0.5) is 0 Å². The second kappa shape index (κ2) is 4.28. The molecule has 0 aliphatic carbocycles. The van der Waals surface area contributed by atoms with Gasteiger partial charge in [0.25, 0.3) is 0 Å². The molecule has 0 aliphatic heterocycles. The van der Waals surface area contributed by atoms with E-state index in [0.29, 0.717) is 6.61 Å². The summed E-state index contributed by atoms with van der Waals surface area (Å²) in [5, 5.41) is 8.98. The molecule has 1 rings (SSSR count). The maximum absolute atomic E-state index is 8.98. The van der Waals surface area contributed by atoms with Crippen molar-refractivity contribution in [2.45, 2.75) is 12.8 Å². The van der Waals surface area contributed by atoms with Crippen LogP contribution >= 0.6 is 0 Å². The minimum absolute atomic E-state index is 0.0382. The highest BCUT2D eigenvalue weighted by Gasteiger charge is 2.13. The van der Waals surface area contributed by atoms with Crippen molar-refractivity contribution in [3.05, 3.63) is 23.7 Å². The standard InChI is InChI=1S/C9H14O3/c1-7-3-4-9(12-7)8(5-10)6-11-2/h3-4,8,10H,5-6H2,1-2H3. The first kappa shape index (κ1) is 9.29. The third kappa shape index (κ3) is 2.09. The first-order valence-electron chi connectivity index (χ1n) is 3.94. The summed E-state index contributed by atoms with van der Waals surface area (Å²) in [6, 6.07) is 3.75. The van der Waals surface area contributed by atoms with E-state index in [-0.39, 0.29) is 12.5 Å². The van der Waals surface area contributed by atoms with Gasteiger partial charge in [-0.3, -0.25) is 0 Å². The molecule has 1 heterocycles. The molecule has 0 saturated heterocycles. The van der Waals surface area contributed by atoms with E-state index in [0.717, 1.165) is 11.5 Å². The zero-order chi connectivity index (χ0) is 8.97. The van der Waals surface area contributed by atoms with Gasteiger partial charge in [0.15, 0.2) is 0 Å². The topological polar surface area (TPSA) is 42.6 Å². The molecule has 12 heavy (non-hydrogen) atoms. The number of aryl methyl sites for hydroxylation is 1. The maximum Gasteiger partial charge on any atom is 0.111 e. The van der Waals surface area contributed by atoms with Crippen LogP contribution in [0.25, 0.3) is 0 Å². The highest BCUT2D eigenvalue weighted by atomic mass is 16.5. The highest BCUT2D eigenvalue weighted by molar-refractivity contribution is 5.10. The second-order valence-corrected chi connectivity index (χ2v) is 2.78. The Kier molecular flexibility index (Phi) is 3.31. The number of rotatable bonds is 4. The predicted octanol–water partition coefficient (Wildman–Crippen LogP) is 1.31. The third-order valence-corrected chi connectivity index (χ3v) is 1.75. The molecule has 1 unspecified atom stereocenters. The smallest absolute Gasteiger partial charge is 0.111 e. The van der Waals surface area contributed by atoms with Crippen molar-refractivity contribution in [3.63, 3.8) is 0 Å². The Bertz CT molecular complexity index is 229. The molecule has 0 fully saturated rings. The lowest BCUT2D eigenvalue weighted by atomic mass is 10.1. The monoisotopic (exact) mass is 170 g/mol. The van der Waals surface area contributed by atoms with Crippen LogP contribution < -0.4 is 0 Å². The van der Waals surface area contributed by atoms with Crippen LogP contribution in [0.3, 0.4) is 0 Å². The molecule has 0 amide bonds. The van der Waals surface area contributed by atoms with Gasteiger partial charge < -0.3 is 14.3 Å². The van der Waals surface area contributed by atoms with Gasteiger partial charge in [-0.25, -0.2) is 0 Å². The zero-order valence-electron chi connectivity index (χ0n) is 7.41. The summed E-state index contributed by atoms with van der Waals surface area (Å²) in [6.07, 6.45) is 0. The van der Waals surface area contributed by atoms with Crippen molar-refractivity contribution < 1.29 is 14.3 Å². The van der Waals surface area contributed by atoms with Gasteiger partial charge >= 0.3 is 0 Å². The molecule has 0 saturated carbocycles.